The number of ketones is 1. The van der Waals surface area contributed by atoms with Gasteiger partial charge in [-0.1, -0.05) is 30.1 Å². The summed E-state index contributed by atoms with van der Waals surface area (Å²) in [5.74, 6) is -2.58. The lowest BCUT2D eigenvalue weighted by Crippen LogP contribution is -2.13. The van der Waals surface area contributed by atoms with Crippen molar-refractivity contribution in [2.75, 3.05) is 0 Å². The average molecular weight is 247 g/mol. The molecule has 0 saturated heterocycles. The minimum absolute atomic E-state index is 0.0616. The molecule has 0 aliphatic rings. The molecule has 0 fully saturated rings. The van der Waals surface area contributed by atoms with Crippen molar-refractivity contribution >= 4 is 35.0 Å². The summed E-state index contributed by atoms with van der Waals surface area (Å²) < 4.78 is 0. The second-order valence-electron chi connectivity index (χ2n) is 2.91. The molecule has 5 heteroatoms. The number of carboxylic acid groups (broad SMARTS) is 1. The lowest BCUT2D eigenvalue weighted by Gasteiger charge is -2.06. The lowest BCUT2D eigenvalue weighted by atomic mass is 10.1. The molecule has 0 heterocycles. The van der Waals surface area contributed by atoms with Gasteiger partial charge >= 0.3 is 5.97 Å². The molecule has 0 unspecified atom stereocenters. The Hall–Kier alpha value is -1.06. The van der Waals surface area contributed by atoms with Crippen LogP contribution in [0.1, 0.15) is 22.8 Å². The van der Waals surface area contributed by atoms with Gasteiger partial charge < -0.3 is 5.11 Å². The highest BCUT2D eigenvalue weighted by Crippen LogP contribution is 2.26. The number of hydrogen-bond donors (Lipinski definition) is 1. The van der Waals surface area contributed by atoms with Crippen molar-refractivity contribution in [1.82, 2.24) is 0 Å². The van der Waals surface area contributed by atoms with E-state index in [2.05, 4.69) is 0 Å². The van der Waals surface area contributed by atoms with Gasteiger partial charge in [0.05, 0.1) is 5.02 Å². The summed E-state index contributed by atoms with van der Waals surface area (Å²) in [5, 5.41) is 9.03. The normalized spacial score (nSPS) is 10.1. The number of rotatable bonds is 3. The summed E-state index contributed by atoms with van der Waals surface area (Å²) in [6, 6.07) is 2.88. The first-order valence-corrected chi connectivity index (χ1v) is 4.98. The zero-order valence-corrected chi connectivity index (χ0v) is 9.39. The minimum atomic E-state index is -1.54. The predicted octanol–water partition coefficient (Wildman–Crippen LogP) is 2.82. The van der Waals surface area contributed by atoms with Gasteiger partial charge in [0.1, 0.15) is 0 Å². The van der Waals surface area contributed by atoms with Crippen LogP contribution in [-0.2, 0) is 11.2 Å². The highest BCUT2D eigenvalue weighted by Gasteiger charge is 2.20. The predicted molar refractivity (Wildman–Crippen MR) is 57.8 cm³/mol. The third-order valence-corrected chi connectivity index (χ3v) is 2.60. The molecule has 0 amide bonds. The van der Waals surface area contributed by atoms with Gasteiger partial charge in [-0.2, -0.15) is 0 Å². The fraction of sp³-hybridized carbons (Fsp3) is 0.200. The van der Waals surface area contributed by atoms with Crippen LogP contribution in [0, 0.1) is 0 Å². The number of aryl methyl sites for hydroxylation is 1. The molecular formula is C10H8Cl2O3. The van der Waals surface area contributed by atoms with E-state index in [0.717, 1.165) is 0 Å². The van der Waals surface area contributed by atoms with Gasteiger partial charge in [0.2, 0.25) is 0 Å². The summed E-state index contributed by atoms with van der Waals surface area (Å²) >= 11 is 11.6. The summed E-state index contributed by atoms with van der Waals surface area (Å²) in [7, 11) is 0. The maximum absolute atomic E-state index is 11.2. The first-order chi connectivity index (χ1) is 6.97. The van der Waals surface area contributed by atoms with E-state index in [9.17, 15) is 9.59 Å². The molecule has 15 heavy (non-hydrogen) atoms. The van der Waals surface area contributed by atoms with E-state index in [1.165, 1.54) is 6.07 Å². The van der Waals surface area contributed by atoms with Crippen LogP contribution in [0.5, 0.6) is 0 Å². The van der Waals surface area contributed by atoms with Crippen LogP contribution in [-0.4, -0.2) is 16.9 Å². The molecule has 3 nitrogen and oxygen atoms in total. The number of halogens is 2. The van der Waals surface area contributed by atoms with Gasteiger partial charge in [-0.05, 0) is 24.1 Å². The second kappa shape index (κ2) is 4.64. The van der Waals surface area contributed by atoms with Crippen molar-refractivity contribution < 1.29 is 14.7 Å². The van der Waals surface area contributed by atoms with Gasteiger partial charge in [0, 0.05) is 10.6 Å². The van der Waals surface area contributed by atoms with Crippen molar-refractivity contribution in [2.45, 2.75) is 13.3 Å². The summed E-state index contributed by atoms with van der Waals surface area (Å²) in [6.45, 7) is 1.84. The van der Waals surface area contributed by atoms with Crippen LogP contribution in [0.15, 0.2) is 12.1 Å². The third-order valence-electron chi connectivity index (χ3n) is 1.93. The molecule has 0 aromatic heterocycles. The van der Waals surface area contributed by atoms with Gasteiger partial charge in [0.25, 0.3) is 5.78 Å². The van der Waals surface area contributed by atoms with E-state index in [4.69, 9.17) is 28.3 Å². The lowest BCUT2D eigenvalue weighted by molar-refractivity contribution is -0.131. The van der Waals surface area contributed by atoms with Gasteiger partial charge in [-0.25, -0.2) is 4.79 Å². The monoisotopic (exact) mass is 246 g/mol. The molecule has 1 rings (SSSR count). The minimum Gasteiger partial charge on any atom is -0.475 e. The maximum atomic E-state index is 11.2. The van der Waals surface area contributed by atoms with E-state index in [0.29, 0.717) is 17.0 Å². The first-order valence-electron chi connectivity index (χ1n) is 4.23. The van der Waals surface area contributed by atoms with Crippen LogP contribution < -0.4 is 0 Å². The maximum Gasteiger partial charge on any atom is 0.377 e. The van der Waals surface area contributed by atoms with Crippen molar-refractivity contribution in [3.63, 3.8) is 0 Å². The highest BCUT2D eigenvalue weighted by molar-refractivity contribution is 6.46. The number of benzene rings is 1. The van der Waals surface area contributed by atoms with Crippen molar-refractivity contribution in [3.05, 3.63) is 33.3 Å². The number of carbonyl (C=O) groups is 2. The van der Waals surface area contributed by atoms with E-state index in [1.54, 1.807) is 6.07 Å². The molecule has 0 aliphatic carbocycles. The van der Waals surface area contributed by atoms with E-state index < -0.39 is 11.8 Å². The third kappa shape index (κ3) is 2.49. The molecule has 0 atom stereocenters. The fourth-order valence-electron chi connectivity index (χ4n) is 1.18. The van der Waals surface area contributed by atoms with Crippen molar-refractivity contribution in [3.8, 4) is 0 Å². The van der Waals surface area contributed by atoms with E-state index in [-0.39, 0.29) is 10.6 Å². The number of carboxylic acids is 1. The van der Waals surface area contributed by atoms with Crippen molar-refractivity contribution in [1.29, 1.82) is 0 Å². The topological polar surface area (TPSA) is 54.4 Å². The molecule has 0 spiro atoms. The molecular weight excluding hydrogens is 239 g/mol. The summed E-state index contributed by atoms with van der Waals surface area (Å²) in [5.41, 5.74) is 0.599. The van der Waals surface area contributed by atoms with Gasteiger partial charge in [-0.3, -0.25) is 4.79 Å². The average Bonchev–Trinajstić information content (AvgIpc) is 2.19. The van der Waals surface area contributed by atoms with E-state index >= 15 is 0 Å². The highest BCUT2D eigenvalue weighted by atomic mass is 35.5. The zero-order chi connectivity index (χ0) is 11.6. The molecule has 1 N–H and O–H groups in total. The van der Waals surface area contributed by atoms with Crippen molar-refractivity contribution in [2.24, 2.45) is 0 Å². The van der Waals surface area contributed by atoms with Crippen LogP contribution in [0.3, 0.4) is 0 Å². The molecule has 0 aliphatic heterocycles. The number of aliphatic carboxylic acids is 1. The molecule has 1 aromatic rings. The molecule has 80 valence electrons. The largest absolute Gasteiger partial charge is 0.475 e. The number of hydrogen-bond acceptors (Lipinski definition) is 2. The molecule has 0 saturated carbocycles. The number of carbonyl (C=O) groups excluding carboxylic acids is 1. The summed E-state index contributed by atoms with van der Waals surface area (Å²) in [6.07, 6.45) is 0.583. The standard InChI is InChI=1S/C10H8Cl2O3/c1-2-5-3-6(11)4-7(8(5)12)9(13)10(14)15/h3-4H,2H2,1H3,(H,14,15). The summed E-state index contributed by atoms with van der Waals surface area (Å²) in [4.78, 5) is 21.8. The Labute approximate surface area is 96.6 Å². The molecule has 0 radical (unpaired) electrons. The number of Topliss-reactive ketones (excluding diaryl/α,β-unsaturated/α-hetero) is 1. The Morgan fingerprint density at radius 2 is 1.93 bits per heavy atom. The second-order valence-corrected chi connectivity index (χ2v) is 3.73. The fourth-order valence-corrected chi connectivity index (χ4v) is 1.75. The first kappa shape index (κ1) is 12.0. The van der Waals surface area contributed by atoms with Gasteiger partial charge in [0.15, 0.2) is 0 Å². The Kier molecular flexibility index (Phi) is 3.72. The van der Waals surface area contributed by atoms with E-state index in [1.807, 2.05) is 6.92 Å². The quantitative estimate of drug-likeness (QED) is 0.660. The molecule has 0 bridgehead atoms. The Bertz CT molecular complexity index is 427. The SMILES string of the molecule is CCc1cc(Cl)cc(C(=O)C(=O)O)c1Cl. The Morgan fingerprint density at radius 3 is 2.40 bits per heavy atom. The Morgan fingerprint density at radius 1 is 1.33 bits per heavy atom. The van der Waals surface area contributed by atoms with Gasteiger partial charge in [-0.15, -0.1) is 0 Å². The van der Waals surface area contributed by atoms with Crippen LogP contribution >= 0.6 is 23.2 Å². The van der Waals surface area contributed by atoms with Crippen LogP contribution in [0.4, 0.5) is 0 Å². The van der Waals surface area contributed by atoms with Crippen LogP contribution in [0.25, 0.3) is 0 Å². The Balaban J connectivity index is 3.35. The zero-order valence-electron chi connectivity index (χ0n) is 7.88. The van der Waals surface area contributed by atoms with Crippen LogP contribution in [0.2, 0.25) is 10.0 Å². The molecule has 1 aromatic carbocycles. The smallest absolute Gasteiger partial charge is 0.377 e.